The number of nitrogens with zero attached hydrogens (tertiary/aromatic N) is 6. The highest BCUT2D eigenvalue weighted by molar-refractivity contribution is 8.01. The van der Waals surface area contributed by atoms with Gasteiger partial charge in [-0.05, 0) is 43.2 Å². The Morgan fingerprint density at radius 3 is 2.62 bits per heavy atom. The van der Waals surface area contributed by atoms with E-state index in [-0.39, 0.29) is 16.8 Å². The normalized spacial score (nSPS) is 16.4. The number of halogens is 1. The second kappa shape index (κ2) is 9.60. The van der Waals surface area contributed by atoms with Crippen molar-refractivity contribution in [2.75, 3.05) is 18.9 Å². The molecule has 0 radical (unpaired) electrons. The quantitative estimate of drug-likeness (QED) is 0.426. The summed E-state index contributed by atoms with van der Waals surface area (Å²) in [5.41, 5.74) is 0.964. The van der Waals surface area contributed by atoms with E-state index in [1.807, 2.05) is 25.1 Å². The second-order valence-corrected chi connectivity index (χ2v) is 9.77. The lowest BCUT2D eigenvalue weighted by Gasteiger charge is -2.21. The van der Waals surface area contributed by atoms with Crippen molar-refractivity contribution in [3.63, 3.8) is 0 Å². The predicted molar refractivity (Wildman–Crippen MR) is 125 cm³/mol. The van der Waals surface area contributed by atoms with Crippen LogP contribution >= 0.6 is 23.5 Å². The van der Waals surface area contributed by atoms with E-state index in [1.165, 1.54) is 24.8 Å². The molecule has 2 unspecified atom stereocenters. The summed E-state index contributed by atoms with van der Waals surface area (Å²) >= 11 is 7.39. The van der Waals surface area contributed by atoms with Crippen molar-refractivity contribution in [1.29, 1.82) is 0 Å². The molecule has 2 atom stereocenters. The van der Waals surface area contributed by atoms with Gasteiger partial charge in [0.2, 0.25) is 11.8 Å². The summed E-state index contributed by atoms with van der Waals surface area (Å²) in [6, 6.07) is 5.63. The standard InChI is InChI=1S/C21H26ClN7O2S/c1-13(17(31-4)18-23-10-14(22)11-24-18)32-28-20-27-26-19(29(20)12-21(2)8-9-21)15-6-5-7-16(25-15)30-3/h5-7,10-11,13,17H,8-9,12H2,1-4H3,(H,27,28). The summed E-state index contributed by atoms with van der Waals surface area (Å²) in [6.45, 7) is 5.12. The van der Waals surface area contributed by atoms with Gasteiger partial charge in [0.15, 0.2) is 11.6 Å². The molecule has 0 aromatic carbocycles. The van der Waals surface area contributed by atoms with Gasteiger partial charge in [-0.25, -0.2) is 15.0 Å². The number of methoxy groups -OCH3 is 2. The molecule has 0 bridgehead atoms. The van der Waals surface area contributed by atoms with Crippen molar-refractivity contribution in [2.45, 2.75) is 44.6 Å². The van der Waals surface area contributed by atoms with E-state index < -0.39 is 0 Å². The summed E-state index contributed by atoms with van der Waals surface area (Å²) < 4.78 is 16.4. The Balaban J connectivity index is 1.55. The zero-order valence-electron chi connectivity index (χ0n) is 18.4. The highest BCUT2D eigenvalue weighted by Gasteiger charge is 2.39. The van der Waals surface area contributed by atoms with Gasteiger partial charge in [-0.3, -0.25) is 9.29 Å². The first-order valence-corrected chi connectivity index (χ1v) is 11.5. The first-order chi connectivity index (χ1) is 15.4. The molecule has 0 saturated heterocycles. The van der Waals surface area contributed by atoms with Gasteiger partial charge in [-0.15, -0.1) is 10.2 Å². The number of pyridine rings is 1. The Labute approximate surface area is 196 Å². The molecule has 0 spiro atoms. The van der Waals surface area contributed by atoms with Crippen molar-refractivity contribution in [3.8, 4) is 17.4 Å². The van der Waals surface area contributed by atoms with Crippen LogP contribution in [-0.2, 0) is 11.3 Å². The molecule has 1 aliphatic rings. The molecule has 0 aliphatic heterocycles. The Morgan fingerprint density at radius 1 is 1.22 bits per heavy atom. The van der Waals surface area contributed by atoms with Crippen LogP contribution in [0.2, 0.25) is 5.02 Å². The van der Waals surface area contributed by atoms with E-state index >= 15 is 0 Å². The largest absolute Gasteiger partial charge is 0.481 e. The van der Waals surface area contributed by atoms with Gasteiger partial charge < -0.3 is 9.47 Å². The number of ether oxygens (including phenoxy) is 2. The van der Waals surface area contributed by atoms with E-state index in [9.17, 15) is 0 Å². The van der Waals surface area contributed by atoms with Gasteiger partial charge >= 0.3 is 0 Å². The fourth-order valence-electron chi connectivity index (χ4n) is 3.31. The van der Waals surface area contributed by atoms with E-state index in [0.717, 1.165) is 12.2 Å². The van der Waals surface area contributed by atoms with Crippen LogP contribution in [0.25, 0.3) is 11.5 Å². The van der Waals surface area contributed by atoms with Crippen molar-refractivity contribution in [2.24, 2.45) is 5.41 Å². The van der Waals surface area contributed by atoms with Crippen LogP contribution in [0.1, 0.15) is 38.6 Å². The molecule has 0 amide bonds. The summed E-state index contributed by atoms with van der Waals surface area (Å²) in [7, 11) is 3.24. The average molecular weight is 476 g/mol. The minimum Gasteiger partial charge on any atom is -0.481 e. The third-order valence-corrected chi connectivity index (χ3v) is 6.58. The zero-order chi connectivity index (χ0) is 22.7. The van der Waals surface area contributed by atoms with Gasteiger partial charge in [-0.2, -0.15) is 0 Å². The van der Waals surface area contributed by atoms with Crippen molar-refractivity contribution >= 4 is 29.5 Å². The third-order valence-electron chi connectivity index (χ3n) is 5.47. The smallest absolute Gasteiger partial charge is 0.234 e. The number of nitrogens with one attached hydrogen (secondary N) is 1. The molecule has 1 fully saturated rings. The first kappa shape index (κ1) is 22.8. The maximum Gasteiger partial charge on any atom is 0.234 e. The van der Waals surface area contributed by atoms with E-state index in [2.05, 4.69) is 41.4 Å². The molecule has 1 saturated carbocycles. The minimum absolute atomic E-state index is 0.0127. The molecule has 170 valence electrons. The van der Waals surface area contributed by atoms with Crippen molar-refractivity contribution < 1.29 is 9.47 Å². The Bertz CT molecular complexity index is 1060. The Kier molecular flexibility index (Phi) is 6.82. The number of hydrogen-bond acceptors (Lipinski definition) is 9. The molecule has 3 heterocycles. The molecule has 1 aliphatic carbocycles. The van der Waals surface area contributed by atoms with E-state index in [1.54, 1.807) is 26.6 Å². The molecule has 1 N–H and O–H groups in total. The van der Waals surface area contributed by atoms with E-state index in [0.29, 0.717) is 28.5 Å². The topological polar surface area (TPSA) is 99.9 Å². The second-order valence-electron chi connectivity index (χ2n) is 8.15. The van der Waals surface area contributed by atoms with Gasteiger partial charge in [0.05, 0.1) is 17.4 Å². The first-order valence-electron chi connectivity index (χ1n) is 10.3. The number of aromatic nitrogens is 6. The highest BCUT2D eigenvalue weighted by atomic mass is 35.5. The van der Waals surface area contributed by atoms with Crippen LogP contribution in [0.4, 0.5) is 5.95 Å². The lowest BCUT2D eigenvalue weighted by molar-refractivity contribution is 0.0972. The van der Waals surface area contributed by atoms with Gasteiger partial charge in [0, 0.05) is 32.1 Å². The molecule has 4 rings (SSSR count). The lowest BCUT2D eigenvalue weighted by atomic mass is 10.1. The molecule has 11 heteroatoms. The summed E-state index contributed by atoms with van der Waals surface area (Å²) in [5.74, 6) is 2.49. The van der Waals surface area contributed by atoms with Crippen LogP contribution in [0.15, 0.2) is 30.6 Å². The third kappa shape index (κ3) is 5.13. The lowest BCUT2D eigenvalue weighted by Crippen LogP contribution is -2.19. The van der Waals surface area contributed by atoms with Crippen molar-refractivity contribution in [3.05, 3.63) is 41.4 Å². The van der Waals surface area contributed by atoms with Crippen LogP contribution in [0.5, 0.6) is 5.88 Å². The Hall–Kier alpha value is -2.43. The SMILES string of the molecule is COc1cccc(-c2nnc(NSC(C)C(OC)c3ncc(Cl)cn3)n2CC2(C)CC2)n1. The number of rotatable bonds is 10. The maximum absolute atomic E-state index is 5.91. The molecular formula is C21H26ClN7O2S. The maximum atomic E-state index is 5.91. The summed E-state index contributed by atoms with van der Waals surface area (Å²) in [5, 5.41) is 9.32. The average Bonchev–Trinajstić information content (AvgIpc) is 3.40. The van der Waals surface area contributed by atoms with Crippen molar-refractivity contribution in [1.82, 2.24) is 29.7 Å². The predicted octanol–water partition coefficient (Wildman–Crippen LogP) is 4.43. The highest BCUT2D eigenvalue weighted by Crippen LogP contribution is 2.47. The van der Waals surface area contributed by atoms with Crippen LogP contribution in [0, 0.1) is 5.41 Å². The molecular weight excluding hydrogens is 450 g/mol. The van der Waals surface area contributed by atoms with Crippen LogP contribution < -0.4 is 9.46 Å². The molecule has 32 heavy (non-hydrogen) atoms. The fraction of sp³-hybridized carbons (Fsp3) is 0.476. The van der Waals surface area contributed by atoms with Gasteiger partial charge in [0.1, 0.15) is 11.8 Å². The number of hydrogen-bond donors (Lipinski definition) is 1. The Morgan fingerprint density at radius 2 is 1.97 bits per heavy atom. The van der Waals surface area contributed by atoms with E-state index in [4.69, 9.17) is 21.1 Å². The zero-order valence-corrected chi connectivity index (χ0v) is 20.0. The molecule has 3 aromatic heterocycles. The molecule has 9 nitrogen and oxygen atoms in total. The number of anilines is 1. The fourth-order valence-corrected chi connectivity index (χ4v) is 4.20. The van der Waals surface area contributed by atoms with Crippen LogP contribution in [-0.4, -0.2) is 49.2 Å². The van der Waals surface area contributed by atoms with Crippen LogP contribution in [0.3, 0.4) is 0 Å². The van der Waals surface area contributed by atoms with Gasteiger partial charge in [0.25, 0.3) is 0 Å². The van der Waals surface area contributed by atoms with Gasteiger partial charge in [-0.1, -0.05) is 24.6 Å². The monoisotopic (exact) mass is 475 g/mol. The minimum atomic E-state index is -0.318. The molecule has 3 aromatic rings. The summed E-state index contributed by atoms with van der Waals surface area (Å²) in [4.78, 5) is 13.1. The summed E-state index contributed by atoms with van der Waals surface area (Å²) in [6.07, 6.45) is 5.18.